The van der Waals surface area contributed by atoms with Gasteiger partial charge in [-0.2, -0.15) is 0 Å². The minimum Gasteiger partial charge on any atom is -0.504 e. The van der Waals surface area contributed by atoms with Gasteiger partial charge in [0.25, 0.3) is 11.9 Å². The lowest BCUT2D eigenvalue weighted by Gasteiger charge is -2.06. The summed E-state index contributed by atoms with van der Waals surface area (Å²) < 4.78 is 0. The average Bonchev–Trinajstić information content (AvgIpc) is 2.73. The van der Waals surface area contributed by atoms with Crippen molar-refractivity contribution in [1.29, 1.82) is 0 Å². The van der Waals surface area contributed by atoms with E-state index in [-0.39, 0.29) is 11.5 Å². The van der Waals surface area contributed by atoms with Crippen LogP contribution in [0.2, 0.25) is 0 Å². The molecule has 0 atom stereocenters. The second-order valence-electron chi connectivity index (χ2n) is 8.52. The number of aromatic hydroxyl groups is 2. The van der Waals surface area contributed by atoms with Gasteiger partial charge >= 0.3 is 0 Å². The predicted molar refractivity (Wildman–Crippen MR) is 135 cm³/mol. The number of carboxylic acids is 2. The number of aliphatic carboxylic acids is 2. The molecule has 0 aliphatic carbocycles. The van der Waals surface area contributed by atoms with Gasteiger partial charge in [0.15, 0.2) is 11.5 Å². The number of phenols is 2. The van der Waals surface area contributed by atoms with Gasteiger partial charge in [0.1, 0.15) is 0 Å². The summed E-state index contributed by atoms with van der Waals surface area (Å²) in [6.07, 6.45) is 21.3. The number of hydrogen-bond acceptors (Lipinski definition) is 4. The lowest BCUT2D eigenvalue weighted by atomic mass is 10.0. The molecule has 6 heteroatoms. The largest absolute Gasteiger partial charge is 0.504 e. The van der Waals surface area contributed by atoms with Gasteiger partial charge in [-0.3, -0.25) is 9.59 Å². The molecule has 0 bridgehead atoms. The highest BCUT2D eigenvalue weighted by atomic mass is 16.4. The molecule has 1 aromatic carbocycles. The van der Waals surface area contributed by atoms with Crippen molar-refractivity contribution in [1.82, 2.24) is 0 Å². The molecule has 0 amide bonds. The highest BCUT2D eigenvalue weighted by molar-refractivity contribution is 5.63. The summed E-state index contributed by atoms with van der Waals surface area (Å²) in [5.41, 5.74) is 0.870. The third kappa shape index (κ3) is 27.7. The maximum Gasteiger partial charge on any atom is 0.300 e. The van der Waals surface area contributed by atoms with E-state index in [4.69, 9.17) is 19.8 Å². The molecule has 33 heavy (non-hydrogen) atoms. The Bertz CT molecular complexity index is 580. The Balaban J connectivity index is 0. The monoisotopic (exact) mass is 468 g/mol. The molecule has 0 heterocycles. The van der Waals surface area contributed by atoms with Crippen LogP contribution in [0.4, 0.5) is 0 Å². The lowest BCUT2D eigenvalue weighted by Crippen LogP contribution is -1.88. The molecule has 0 fully saturated rings. The Morgan fingerprint density at radius 1 is 0.636 bits per heavy atom. The number of carboxylic acid groups (broad SMARTS) is 2. The molecule has 0 spiro atoms. The van der Waals surface area contributed by atoms with Crippen molar-refractivity contribution in [2.24, 2.45) is 0 Å². The number of rotatable bonds is 16. The Kier molecular flexibility index (Phi) is 24.4. The van der Waals surface area contributed by atoms with E-state index in [1.807, 2.05) is 6.07 Å². The van der Waals surface area contributed by atoms with Crippen LogP contribution >= 0.6 is 0 Å². The van der Waals surface area contributed by atoms with Gasteiger partial charge in [0.05, 0.1) is 0 Å². The van der Waals surface area contributed by atoms with Gasteiger partial charge in [-0.25, -0.2) is 0 Å². The van der Waals surface area contributed by atoms with Crippen molar-refractivity contribution in [3.63, 3.8) is 0 Å². The van der Waals surface area contributed by atoms with Gasteiger partial charge in [-0.1, -0.05) is 109 Å². The molecular weight excluding hydrogens is 420 g/mol. The van der Waals surface area contributed by atoms with Crippen molar-refractivity contribution < 1.29 is 30.0 Å². The lowest BCUT2D eigenvalue weighted by molar-refractivity contribution is -0.135. The maximum absolute atomic E-state index is 9.76. The second kappa shape index (κ2) is 24.4. The van der Waals surface area contributed by atoms with Crippen molar-refractivity contribution in [2.75, 3.05) is 0 Å². The van der Waals surface area contributed by atoms with Crippen LogP contribution in [-0.2, 0) is 16.0 Å². The first kappa shape index (κ1) is 32.9. The number of carbonyl (C=O) groups is 2. The van der Waals surface area contributed by atoms with Crippen molar-refractivity contribution in [2.45, 2.75) is 124 Å². The summed E-state index contributed by atoms with van der Waals surface area (Å²) in [5, 5.41) is 34.1. The fourth-order valence-corrected chi connectivity index (χ4v) is 3.47. The van der Waals surface area contributed by atoms with Crippen molar-refractivity contribution >= 4 is 11.9 Å². The minimum atomic E-state index is -0.833. The van der Waals surface area contributed by atoms with E-state index in [0.29, 0.717) is 0 Å². The molecular formula is C27H48O6. The van der Waals surface area contributed by atoms with Crippen LogP contribution in [0, 0.1) is 0 Å². The molecule has 0 unspecified atom stereocenters. The van der Waals surface area contributed by atoms with E-state index in [9.17, 15) is 10.2 Å². The molecule has 192 valence electrons. The third-order valence-electron chi connectivity index (χ3n) is 5.15. The normalized spacial score (nSPS) is 9.91. The second-order valence-corrected chi connectivity index (χ2v) is 8.52. The fourth-order valence-electron chi connectivity index (χ4n) is 3.47. The van der Waals surface area contributed by atoms with E-state index in [0.717, 1.165) is 32.3 Å². The predicted octanol–water partition coefficient (Wildman–Crippen LogP) is 7.69. The van der Waals surface area contributed by atoms with Crippen LogP contribution < -0.4 is 0 Å². The Labute approximate surface area is 201 Å². The number of hydrogen-bond donors (Lipinski definition) is 4. The summed E-state index contributed by atoms with van der Waals surface area (Å²) >= 11 is 0. The van der Waals surface area contributed by atoms with E-state index in [1.165, 1.54) is 96.0 Å². The van der Waals surface area contributed by atoms with Crippen molar-refractivity contribution in [3.05, 3.63) is 23.8 Å². The highest BCUT2D eigenvalue weighted by Gasteiger charge is 2.04. The zero-order valence-electron chi connectivity index (χ0n) is 21.2. The summed E-state index contributed by atoms with van der Waals surface area (Å²) in [4.78, 5) is 18.0. The van der Waals surface area contributed by atoms with Crippen LogP contribution in [0.1, 0.15) is 123 Å². The van der Waals surface area contributed by atoms with Crippen LogP contribution in [-0.4, -0.2) is 32.4 Å². The molecule has 1 rings (SSSR count). The Morgan fingerprint density at radius 3 is 1.33 bits per heavy atom. The zero-order chi connectivity index (χ0) is 25.3. The summed E-state index contributed by atoms with van der Waals surface area (Å²) in [7, 11) is 0. The standard InChI is InChI=1S/C23H40O2.2C2H4O2/c1-2-3-4-5-6-7-8-9-10-11-12-13-14-15-16-18-21-19-17-20-22(24)23(21)25;2*1-2(3)4/h17,19-20,24-25H,2-16,18H2,1H3;2*1H3,(H,3,4). The molecule has 0 saturated heterocycles. The van der Waals surface area contributed by atoms with Gasteiger partial charge in [0.2, 0.25) is 0 Å². The van der Waals surface area contributed by atoms with Crippen LogP contribution in [0.5, 0.6) is 11.5 Å². The number of unbranched alkanes of at least 4 members (excludes halogenated alkanes) is 14. The van der Waals surface area contributed by atoms with Crippen LogP contribution in [0.25, 0.3) is 0 Å². The minimum absolute atomic E-state index is 0.00143. The van der Waals surface area contributed by atoms with Gasteiger partial charge in [0, 0.05) is 13.8 Å². The average molecular weight is 469 g/mol. The number of para-hydroxylation sites is 1. The molecule has 6 nitrogen and oxygen atoms in total. The smallest absolute Gasteiger partial charge is 0.300 e. The van der Waals surface area contributed by atoms with Gasteiger partial charge in [-0.15, -0.1) is 0 Å². The molecule has 0 radical (unpaired) electrons. The highest BCUT2D eigenvalue weighted by Crippen LogP contribution is 2.29. The Morgan fingerprint density at radius 2 is 0.970 bits per heavy atom. The molecule has 0 aliphatic heterocycles. The zero-order valence-corrected chi connectivity index (χ0v) is 21.2. The van der Waals surface area contributed by atoms with Gasteiger partial charge < -0.3 is 20.4 Å². The fraction of sp³-hybridized carbons (Fsp3) is 0.704. The molecule has 4 N–H and O–H groups in total. The number of phenolic OH excluding ortho intramolecular Hbond substituents is 2. The quantitative estimate of drug-likeness (QED) is 0.146. The van der Waals surface area contributed by atoms with E-state index < -0.39 is 11.9 Å². The van der Waals surface area contributed by atoms with E-state index in [1.54, 1.807) is 6.07 Å². The third-order valence-corrected chi connectivity index (χ3v) is 5.15. The molecule has 0 saturated carbocycles. The topological polar surface area (TPSA) is 115 Å². The first-order valence-electron chi connectivity index (χ1n) is 12.6. The van der Waals surface area contributed by atoms with E-state index in [2.05, 4.69) is 6.92 Å². The summed E-state index contributed by atoms with van der Waals surface area (Å²) in [6, 6.07) is 5.24. The number of benzene rings is 1. The molecule has 0 aliphatic rings. The maximum atomic E-state index is 9.76. The van der Waals surface area contributed by atoms with Crippen molar-refractivity contribution in [3.8, 4) is 11.5 Å². The molecule has 1 aromatic rings. The van der Waals surface area contributed by atoms with Gasteiger partial charge in [-0.05, 0) is 24.5 Å². The SMILES string of the molecule is CC(=O)O.CC(=O)O.CCCCCCCCCCCCCCCCCc1cccc(O)c1O. The first-order chi connectivity index (χ1) is 15.7. The molecule has 0 aromatic heterocycles. The Hall–Kier alpha value is -2.24. The summed E-state index contributed by atoms with van der Waals surface area (Å²) in [6.45, 7) is 4.44. The summed E-state index contributed by atoms with van der Waals surface area (Å²) in [5.74, 6) is -1.61. The van der Waals surface area contributed by atoms with Crippen LogP contribution in [0.15, 0.2) is 18.2 Å². The van der Waals surface area contributed by atoms with Crippen LogP contribution in [0.3, 0.4) is 0 Å². The number of aryl methyl sites for hydroxylation is 1. The first-order valence-corrected chi connectivity index (χ1v) is 12.6. The van der Waals surface area contributed by atoms with E-state index >= 15 is 0 Å².